The molecule has 1 aliphatic rings. The molecular formula is C13H17N3O3S. The van der Waals surface area contributed by atoms with Gasteiger partial charge in [0.2, 0.25) is 0 Å². The molecule has 2 aromatic rings. The molecular weight excluding hydrogens is 278 g/mol. The fourth-order valence-electron chi connectivity index (χ4n) is 2.23. The Balaban J connectivity index is 1.75. The minimum atomic E-state index is -1.31. The highest BCUT2D eigenvalue weighted by Gasteiger charge is 2.23. The largest absolute Gasteiger partial charge is 0.430 e. The van der Waals surface area contributed by atoms with Crippen LogP contribution in [-0.2, 0) is 15.5 Å². The summed E-state index contributed by atoms with van der Waals surface area (Å²) in [6.45, 7) is 2.35. The SMILES string of the molecule is CN1CCOC(CS(=O)c2nc3ccc(N)cc3o2)C1. The number of benzene rings is 1. The maximum atomic E-state index is 12.3. The molecule has 20 heavy (non-hydrogen) atoms. The van der Waals surface area contributed by atoms with Gasteiger partial charge in [-0.1, -0.05) is 0 Å². The van der Waals surface area contributed by atoms with Gasteiger partial charge < -0.3 is 19.8 Å². The number of fused-ring (bicyclic) bond motifs is 1. The van der Waals surface area contributed by atoms with Crippen LogP contribution in [0.2, 0.25) is 0 Å². The Hall–Kier alpha value is -1.44. The van der Waals surface area contributed by atoms with Crippen molar-refractivity contribution in [3.05, 3.63) is 18.2 Å². The lowest BCUT2D eigenvalue weighted by Crippen LogP contribution is -2.42. The van der Waals surface area contributed by atoms with Gasteiger partial charge in [0, 0.05) is 24.8 Å². The Morgan fingerprint density at radius 1 is 1.55 bits per heavy atom. The molecule has 1 aromatic carbocycles. The van der Waals surface area contributed by atoms with Crippen LogP contribution in [0.3, 0.4) is 0 Å². The van der Waals surface area contributed by atoms with Crippen LogP contribution in [0.5, 0.6) is 0 Å². The van der Waals surface area contributed by atoms with Crippen LogP contribution in [0.25, 0.3) is 11.1 Å². The Kier molecular flexibility index (Phi) is 3.73. The number of nitrogen functional groups attached to an aromatic ring is 1. The van der Waals surface area contributed by atoms with Crippen molar-refractivity contribution in [2.45, 2.75) is 11.3 Å². The number of nitrogens with two attached hydrogens (primary N) is 1. The fourth-order valence-corrected chi connectivity index (χ4v) is 3.29. The van der Waals surface area contributed by atoms with Crippen LogP contribution in [0.15, 0.2) is 27.8 Å². The average molecular weight is 295 g/mol. The van der Waals surface area contributed by atoms with Crippen LogP contribution in [0.4, 0.5) is 5.69 Å². The standard InChI is InChI=1S/C13H17N3O3S/c1-16-4-5-18-10(7-16)8-20(17)13-15-11-3-2-9(14)6-12(11)19-13/h2-3,6,10H,4-5,7-8,14H2,1H3. The summed E-state index contributed by atoms with van der Waals surface area (Å²) in [5.41, 5.74) is 7.52. The Morgan fingerprint density at radius 3 is 3.20 bits per heavy atom. The molecule has 0 amide bonds. The third-order valence-corrected chi connectivity index (χ3v) is 4.51. The van der Waals surface area contributed by atoms with E-state index in [4.69, 9.17) is 14.9 Å². The van der Waals surface area contributed by atoms with Crippen molar-refractivity contribution in [3.63, 3.8) is 0 Å². The van der Waals surface area contributed by atoms with E-state index in [-0.39, 0.29) is 11.3 Å². The number of hydrogen-bond donors (Lipinski definition) is 1. The van der Waals surface area contributed by atoms with Gasteiger partial charge in [-0.25, -0.2) is 9.19 Å². The summed E-state index contributed by atoms with van der Waals surface area (Å²) < 4.78 is 23.4. The minimum absolute atomic E-state index is 0.0466. The van der Waals surface area contributed by atoms with Crippen LogP contribution >= 0.6 is 0 Å². The molecule has 7 heteroatoms. The van der Waals surface area contributed by atoms with Gasteiger partial charge in [-0.3, -0.25) is 0 Å². The number of hydrogen-bond acceptors (Lipinski definition) is 6. The Bertz CT molecular complexity index is 643. The number of rotatable bonds is 3. The van der Waals surface area contributed by atoms with Gasteiger partial charge in [0.1, 0.15) is 16.3 Å². The lowest BCUT2D eigenvalue weighted by Gasteiger charge is -2.29. The fraction of sp³-hybridized carbons (Fsp3) is 0.462. The normalized spacial score (nSPS) is 22.1. The molecule has 2 heterocycles. The van der Waals surface area contributed by atoms with Gasteiger partial charge in [0.25, 0.3) is 5.22 Å². The highest BCUT2D eigenvalue weighted by atomic mass is 32.2. The average Bonchev–Trinajstić information content (AvgIpc) is 2.81. The molecule has 2 N–H and O–H groups in total. The summed E-state index contributed by atoms with van der Waals surface area (Å²) in [6.07, 6.45) is -0.0466. The van der Waals surface area contributed by atoms with Gasteiger partial charge in [-0.15, -0.1) is 0 Å². The lowest BCUT2D eigenvalue weighted by atomic mass is 10.3. The first-order chi connectivity index (χ1) is 9.61. The number of nitrogens with zero attached hydrogens (tertiary/aromatic N) is 2. The van der Waals surface area contributed by atoms with Crippen molar-refractivity contribution in [1.82, 2.24) is 9.88 Å². The second-order valence-electron chi connectivity index (χ2n) is 4.97. The van der Waals surface area contributed by atoms with Crippen molar-refractivity contribution in [2.24, 2.45) is 0 Å². The van der Waals surface area contributed by atoms with E-state index in [1.807, 2.05) is 7.05 Å². The zero-order valence-electron chi connectivity index (χ0n) is 11.2. The first-order valence-corrected chi connectivity index (χ1v) is 7.78. The number of anilines is 1. The summed E-state index contributed by atoms with van der Waals surface area (Å²) in [5.74, 6) is 0.395. The van der Waals surface area contributed by atoms with Crippen LogP contribution in [0.1, 0.15) is 0 Å². The van der Waals surface area contributed by atoms with E-state index < -0.39 is 10.8 Å². The van der Waals surface area contributed by atoms with Crippen molar-refractivity contribution in [3.8, 4) is 0 Å². The second-order valence-corrected chi connectivity index (χ2v) is 6.35. The predicted octanol–water partition coefficient (Wildman–Crippen LogP) is 0.848. The summed E-state index contributed by atoms with van der Waals surface area (Å²) in [5, 5.41) is 0.238. The van der Waals surface area contributed by atoms with E-state index in [0.717, 1.165) is 13.1 Å². The van der Waals surface area contributed by atoms with Crippen molar-refractivity contribution in [1.29, 1.82) is 0 Å². The molecule has 2 unspecified atom stereocenters. The van der Waals surface area contributed by atoms with E-state index in [1.165, 1.54) is 0 Å². The van der Waals surface area contributed by atoms with Gasteiger partial charge >= 0.3 is 0 Å². The summed E-state index contributed by atoms with van der Waals surface area (Å²) in [7, 11) is 0.723. The molecule has 0 aliphatic carbocycles. The highest BCUT2D eigenvalue weighted by molar-refractivity contribution is 7.84. The molecule has 1 fully saturated rings. The van der Waals surface area contributed by atoms with Gasteiger partial charge in [-0.05, 0) is 19.2 Å². The summed E-state index contributed by atoms with van der Waals surface area (Å²) in [6, 6.07) is 5.20. The summed E-state index contributed by atoms with van der Waals surface area (Å²) in [4.78, 5) is 6.41. The predicted molar refractivity (Wildman–Crippen MR) is 76.9 cm³/mol. The second kappa shape index (κ2) is 5.51. The number of oxazole rings is 1. The Labute approximate surface area is 119 Å². The molecule has 0 saturated carbocycles. The Morgan fingerprint density at radius 2 is 2.40 bits per heavy atom. The smallest absolute Gasteiger partial charge is 0.288 e. The first-order valence-electron chi connectivity index (χ1n) is 6.46. The summed E-state index contributed by atoms with van der Waals surface area (Å²) >= 11 is 0. The van der Waals surface area contributed by atoms with Crippen LogP contribution < -0.4 is 5.73 Å². The molecule has 2 atom stereocenters. The van der Waals surface area contributed by atoms with E-state index in [0.29, 0.717) is 29.1 Å². The van der Waals surface area contributed by atoms with E-state index in [9.17, 15) is 4.21 Å². The molecule has 1 aromatic heterocycles. The molecule has 0 bridgehead atoms. The minimum Gasteiger partial charge on any atom is -0.430 e. The first kappa shape index (κ1) is 13.5. The topological polar surface area (TPSA) is 81.6 Å². The van der Waals surface area contributed by atoms with E-state index in [1.54, 1.807) is 18.2 Å². The monoisotopic (exact) mass is 295 g/mol. The molecule has 1 aliphatic heterocycles. The molecule has 3 rings (SSSR count). The molecule has 6 nitrogen and oxygen atoms in total. The third kappa shape index (κ3) is 2.84. The van der Waals surface area contributed by atoms with Gasteiger partial charge in [0.05, 0.1) is 18.5 Å². The number of ether oxygens (including phenoxy) is 1. The zero-order chi connectivity index (χ0) is 14.1. The molecule has 0 spiro atoms. The quantitative estimate of drug-likeness (QED) is 0.845. The van der Waals surface area contributed by atoms with Crippen LogP contribution in [-0.4, -0.2) is 52.7 Å². The zero-order valence-corrected chi connectivity index (χ0v) is 12.1. The van der Waals surface area contributed by atoms with Crippen molar-refractivity contribution >= 4 is 27.6 Å². The van der Waals surface area contributed by atoms with E-state index in [2.05, 4.69) is 9.88 Å². The van der Waals surface area contributed by atoms with Crippen molar-refractivity contribution in [2.75, 3.05) is 38.2 Å². The maximum absolute atomic E-state index is 12.3. The maximum Gasteiger partial charge on any atom is 0.288 e. The van der Waals surface area contributed by atoms with E-state index >= 15 is 0 Å². The molecule has 1 saturated heterocycles. The van der Waals surface area contributed by atoms with Gasteiger partial charge in [0.15, 0.2) is 5.58 Å². The van der Waals surface area contributed by atoms with Crippen LogP contribution in [0, 0.1) is 0 Å². The number of aromatic nitrogens is 1. The van der Waals surface area contributed by atoms with Crippen molar-refractivity contribution < 1.29 is 13.4 Å². The van der Waals surface area contributed by atoms with Gasteiger partial charge in [-0.2, -0.15) is 0 Å². The highest BCUT2D eigenvalue weighted by Crippen LogP contribution is 2.21. The lowest BCUT2D eigenvalue weighted by molar-refractivity contribution is -0.00651. The molecule has 108 valence electrons. The number of morpholine rings is 1. The third-order valence-electron chi connectivity index (χ3n) is 3.27. The number of likely N-dealkylation sites (N-methyl/N-ethyl adjacent to an activating group) is 1. The molecule has 0 radical (unpaired) electrons.